The van der Waals surface area contributed by atoms with Gasteiger partial charge in [0.1, 0.15) is 12.4 Å². The van der Waals surface area contributed by atoms with Gasteiger partial charge in [-0.1, -0.05) is 23.7 Å². The van der Waals surface area contributed by atoms with Gasteiger partial charge in [-0.2, -0.15) is 0 Å². The van der Waals surface area contributed by atoms with Crippen molar-refractivity contribution in [2.45, 2.75) is 12.4 Å². The lowest BCUT2D eigenvalue weighted by Crippen LogP contribution is -2.07. The van der Waals surface area contributed by atoms with Gasteiger partial charge < -0.3 is 9.47 Å². The highest BCUT2D eigenvalue weighted by molar-refractivity contribution is 7.89. The maximum Gasteiger partial charge on any atom is 0.338 e. The molecule has 2 aromatic rings. The quantitative estimate of drug-likeness (QED) is 0.732. The number of halogens is 1. The van der Waals surface area contributed by atoms with Crippen LogP contribution in [-0.4, -0.2) is 27.8 Å². The molecular formula is C17H17ClO5S. The number of hydrogen-bond acceptors (Lipinski definition) is 5. The molecule has 2 rings (SSSR count). The van der Waals surface area contributed by atoms with Gasteiger partial charge in [-0.15, -0.1) is 0 Å². The summed E-state index contributed by atoms with van der Waals surface area (Å²) in [5, 5.41) is 0.520. The molecule has 0 unspecified atom stereocenters. The van der Waals surface area contributed by atoms with Crippen LogP contribution in [0.4, 0.5) is 0 Å². The first-order valence-corrected chi connectivity index (χ1v) is 9.48. The van der Waals surface area contributed by atoms with Gasteiger partial charge in [-0.3, -0.25) is 0 Å². The number of carbonyl (C=O) groups is 1. The zero-order chi connectivity index (χ0) is 17.7. The van der Waals surface area contributed by atoms with Crippen LogP contribution in [0.5, 0.6) is 5.75 Å². The van der Waals surface area contributed by atoms with Crippen LogP contribution in [0.3, 0.4) is 0 Å². The van der Waals surface area contributed by atoms with Crippen LogP contribution >= 0.6 is 11.6 Å². The van der Waals surface area contributed by atoms with E-state index < -0.39 is 15.8 Å². The smallest absolute Gasteiger partial charge is 0.338 e. The second kappa shape index (κ2) is 7.68. The van der Waals surface area contributed by atoms with E-state index in [1.54, 1.807) is 30.3 Å². The number of carbonyl (C=O) groups excluding carboxylic acids is 1. The fourth-order valence-electron chi connectivity index (χ4n) is 2.13. The van der Waals surface area contributed by atoms with Gasteiger partial charge in [-0.25, -0.2) is 13.2 Å². The van der Waals surface area contributed by atoms with Crippen molar-refractivity contribution in [3.8, 4) is 5.75 Å². The third-order valence-electron chi connectivity index (χ3n) is 3.22. The average molecular weight is 369 g/mol. The van der Waals surface area contributed by atoms with Gasteiger partial charge in [-0.05, 0) is 35.9 Å². The predicted molar refractivity (Wildman–Crippen MR) is 92.1 cm³/mol. The van der Waals surface area contributed by atoms with Gasteiger partial charge >= 0.3 is 5.97 Å². The van der Waals surface area contributed by atoms with Crippen molar-refractivity contribution in [1.29, 1.82) is 0 Å². The lowest BCUT2D eigenvalue weighted by molar-refractivity contribution is 0.0470. The number of esters is 1. The first kappa shape index (κ1) is 18.3. The molecule has 0 heterocycles. The van der Waals surface area contributed by atoms with Crippen LogP contribution in [0.15, 0.2) is 42.5 Å². The van der Waals surface area contributed by atoms with E-state index in [1.165, 1.54) is 19.2 Å². The third-order valence-corrected chi connectivity index (χ3v) is 4.31. The van der Waals surface area contributed by atoms with Crippen molar-refractivity contribution in [3.05, 3.63) is 64.2 Å². The molecule has 5 nitrogen and oxygen atoms in total. The summed E-state index contributed by atoms with van der Waals surface area (Å²) in [7, 11) is -1.59. The first-order chi connectivity index (χ1) is 11.3. The maximum absolute atomic E-state index is 12.1. The van der Waals surface area contributed by atoms with Crippen LogP contribution in [-0.2, 0) is 26.9 Å². The molecule has 0 saturated carbocycles. The molecule has 128 valence electrons. The van der Waals surface area contributed by atoms with Gasteiger partial charge in [0.25, 0.3) is 0 Å². The Bertz CT molecular complexity index is 829. The molecule has 0 atom stereocenters. The van der Waals surface area contributed by atoms with E-state index >= 15 is 0 Å². The average Bonchev–Trinajstić information content (AvgIpc) is 2.52. The minimum atomic E-state index is -3.11. The molecule has 0 fully saturated rings. The third kappa shape index (κ3) is 5.25. The minimum Gasteiger partial charge on any atom is -0.496 e. The monoisotopic (exact) mass is 368 g/mol. The summed E-state index contributed by atoms with van der Waals surface area (Å²) in [6.45, 7) is 0.0215. The van der Waals surface area contributed by atoms with E-state index in [-0.39, 0.29) is 12.4 Å². The Morgan fingerprint density at radius 2 is 1.79 bits per heavy atom. The molecule has 0 spiro atoms. The summed E-state index contributed by atoms with van der Waals surface area (Å²) < 4.78 is 33.0. The summed E-state index contributed by atoms with van der Waals surface area (Å²) in [5.74, 6) is 0.000760. The van der Waals surface area contributed by atoms with Crippen LogP contribution in [0.1, 0.15) is 21.5 Å². The molecule has 0 aliphatic heterocycles. The Kier molecular flexibility index (Phi) is 5.85. The van der Waals surface area contributed by atoms with Gasteiger partial charge in [0.2, 0.25) is 0 Å². The normalized spacial score (nSPS) is 11.1. The minimum absolute atomic E-state index is 0.0215. The summed E-state index contributed by atoms with van der Waals surface area (Å²) in [6.07, 6.45) is 1.16. The Labute approximate surface area is 146 Å². The zero-order valence-corrected chi connectivity index (χ0v) is 14.9. The van der Waals surface area contributed by atoms with E-state index in [2.05, 4.69) is 0 Å². The van der Waals surface area contributed by atoms with Crippen molar-refractivity contribution in [2.75, 3.05) is 13.4 Å². The highest BCUT2D eigenvalue weighted by atomic mass is 35.5. The Morgan fingerprint density at radius 1 is 1.12 bits per heavy atom. The predicted octanol–water partition coefficient (Wildman–Crippen LogP) is 3.25. The number of benzene rings is 2. The van der Waals surface area contributed by atoms with Crippen molar-refractivity contribution in [1.82, 2.24) is 0 Å². The topological polar surface area (TPSA) is 69.7 Å². The Hall–Kier alpha value is -2.05. The molecule has 7 heteroatoms. The Balaban J connectivity index is 2.04. The molecule has 0 amide bonds. The van der Waals surface area contributed by atoms with Crippen LogP contribution in [0, 0.1) is 0 Å². The fourth-order valence-corrected chi connectivity index (χ4v) is 3.12. The first-order valence-electron chi connectivity index (χ1n) is 7.05. The zero-order valence-electron chi connectivity index (χ0n) is 13.3. The fraction of sp³-hybridized carbons (Fsp3) is 0.235. The molecule has 0 aliphatic carbocycles. The summed E-state index contributed by atoms with van der Waals surface area (Å²) in [5.41, 5.74) is 1.62. The summed E-state index contributed by atoms with van der Waals surface area (Å²) in [4.78, 5) is 12.1. The Morgan fingerprint density at radius 3 is 2.38 bits per heavy atom. The largest absolute Gasteiger partial charge is 0.496 e. The van der Waals surface area contributed by atoms with E-state index in [4.69, 9.17) is 21.1 Å². The van der Waals surface area contributed by atoms with E-state index in [1.807, 2.05) is 0 Å². The van der Waals surface area contributed by atoms with E-state index in [0.717, 1.165) is 6.26 Å². The molecule has 24 heavy (non-hydrogen) atoms. The molecule has 2 aromatic carbocycles. The number of methoxy groups -OCH3 is 1. The SMILES string of the molecule is COc1ccc(Cl)cc1COC(=O)c1ccc(CS(C)(=O)=O)cc1. The number of sulfone groups is 1. The van der Waals surface area contributed by atoms with Crippen LogP contribution in [0.25, 0.3) is 0 Å². The molecule has 0 N–H and O–H groups in total. The second-order valence-corrected chi connectivity index (χ2v) is 7.88. The lowest BCUT2D eigenvalue weighted by Gasteiger charge is -2.10. The lowest BCUT2D eigenvalue weighted by atomic mass is 10.1. The number of ether oxygens (including phenoxy) is 2. The van der Waals surface area contributed by atoms with Crippen molar-refractivity contribution in [2.24, 2.45) is 0 Å². The molecule has 0 aromatic heterocycles. The second-order valence-electron chi connectivity index (χ2n) is 5.30. The van der Waals surface area contributed by atoms with Gasteiger partial charge in [0.15, 0.2) is 9.84 Å². The van der Waals surface area contributed by atoms with Crippen LogP contribution < -0.4 is 4.74 Å². The number of rotatable bonds is 6. The van der Waals surface area contributed by atoms with Crippen LogP contribution in [0.2, 0.25) is 5.02 Å². The van der Waals surface area contributed by atoms with E-state index in [9.17, 15) is 13.2 Å². The summed E-state index contributed by atoms with van der Waals surface area (Å²) >= 11 is 5.93. The van der Waals surface area contributed by atoms with Gasteiger partial charge in [0, 0.05) is 16.8 Å². The molecule has 0 bridgehead atoms. The number of hydrogen-bond donors (Lipinski definition) is 0. The van der Waals surface area contributed by atoms with E-state index in [0.29, 0.717) is 27.5 Å². The molecule has 0 aliphatic rings. The maximum atomic E-state index is 12.1. The van der Waals surface area contributed by atoms with Crippen molar-refractivity contribution < 1.29 is 22.7 Å². The van der Waals surface area contributed by atoms with Crippen molar-refractivity contribution >= 4 is 27.4 Å². The van der Waals surface area contributed by atoms with Crippen molar-refractivity contribution in [3.63, 3.8) is 0 Å². The molecular weight excluding hydrogens is 352 g/mol. The standard InChI is InChI=1S/C17H17ClO5S/c1-22-16-8-7-15(18)9-14(16)10-23-17(19)13-5-3-12(4-6-13)11-24(2,20)21/h3-9H,10-11H2,1-2H3. The highest BCUT2D eigenvalue weighted by Crippen LogP contribution is 2.23. The summed E-state index contributed by atoms with van der Waals surface area (Å²) in [6, 6.07) is 11.3. The molecule has 0 saturated heterocycles. The van der Waals surface area contributed by atoms with Gasteiger partial charge in [0.05, 0.1) is 18.4 Å². The molecule has 0 radical (unpaired) electrons. The highest BCUT2D eigenvalue weighted by Gasteiger charge is 2.11.